The van der Waals surface area contributed by atoms with Crippen molar-refractivity contribution in [2.24, 2.45) is 0 Å². The minimum absolute atomic E-state index is 0.0610. The zero-order valence-electron chi connectivity index (χ0n) is 14.4. The van der Waals surface area contributed by atoms with Gasteiger partial charge >= 0.3 is 6.18 Å². The van der Waals surface area contributed by atoms with Gasteiger partial charge in [0, 0.05) is 6.07 Å². The molecule has 0 fully saturated rings. The normalized spacial score (nSPS) is 11.1. The molecule has 2 aromatic carbocycles. The number of amides is 1. The molecule has 3 rings (SSSR count). The van der Waals surface area contributed by atoms with Crippen molar-refractivity contribution in [3.05, 3.63) is 82.8 Å². The molecule has 6 nitrogen and oxygen atoms in total. The van der Waals surface area contributed by atoms with Crippen molar-refractivity contribution in [1.29, 1.82) is 0 Å². The predicted molar refractivity (Wildman–Crippen MR) is 98.8 cm³/mol. The number of hydrogen-bond acceptors (Lipinski definition) is 4. The summed E-state index contributed by atoms with van der Waals surface area (Å²) in [6.45, 7) is -1.24. The van der Waals surface area contributed by atoms with E-state index < -0.39 is 24.2 Å². The molecule has 1 amide bonds. The van der Waals surface area contributed by atoms with Crippen molar-refractivity contribution in [1.82, 2.24) is 9.78 Å². The topological polar surface area (TPSA) is 76.0 Å². The molecular weight excluding hydrogens is 373 g/mol. The highest BCUT2D eigenvalue weighted by Crippen LogP contribution is 2.24. The smallest absolute Gasteiger partial charge is 0.375 e. The van der Waals surface area contributed by atoms with Crippen LogP contribution in [-0.2, 0) is 0 Å². The van der Waals surface area contributed by atoms with Crippen LogP contribution in [0.15, 0.2) is 71.5 Å². The van der Waals surface area contributed by atoms with Crippen LogP contribution < -0.4 is 16.2 Å². The molecule has 0 aliphatic heterocycles. The van der Waals surface area contributed by atoms with E-state index >= 15 is 0 Å². The van der Waals surface area contributed by atoms with Gasteiger partial charge in [-0.1, -0.05) is 30.3 Å². The van der Waals surface area contributed by atoms with E-state index in [2.05, 4.69) is 15.7 Å². The first-order valence-corrected chi connectivity index (χ1v) is 8.20. The largest absolute Gasteiger partial charge is 0.405 e. The van der Waals surface area contributed by atoms with Crippen molar-refractivity contribution in [3.63, 3.8) is 0 Å². The van der Waals surface area contributed by atoms with Crippen LogP contribution in [0.3, 0.4) is 0 Å². The fraction of sp³-hybridized carbons (Fsp3) is 0.105. The number of para-hydroxylation sites is 3. The molecule has 0 saturated carbocycles. The van der Waals surface area contributed by atoms with Crippen molar-refractivity contribution in [2.45, 2.75) is 6.18 Å². The maximum absolute atomic E-state index is 12.5. The molecule has 3 aromatic rings. The number of nitrogens with one attached hydrogen (secondary N) is 2. The highest BCUT2D eigenvalue weighted by Gasteiger charge is 2.27. The first kappa shape index (κ1) is 19.2. The summed E-state index contributed by atoms with van der Waals surface area (Å²) in [5.41, 5.74) is 0.277. The van der Waals surface area contributed by atoms with Gasteiger partial charge in [-0.2, -0.15) is 23.0 Å². The Labute approximate surface area is 157 Å². The Morgan fingerprint density at radius 1 is 0.929 bits per heavy atom. The lowest BCUT2D eigenvalue weighted by atomic mass is 10.2. The summed E-state index contributed by atoms with van der Waals surface area (Å²) in [5.74, 6) is -0.661. The van der Waals surface area contributed by atoms with Crippen LogP contribution in [-0.4, -0.2) is 28.4 Å². The van der Waals surface area contributed by atoms with Gasteiger partial charge in [-0.3, -0.25) is 9.59 Å². The summed E-state index contributed by atoms with van der Waals surface area (Å²) < 4.78 is 38.4. The molecule has 0 aliphatic rings. The van der Waals surface area contributed by atoms with Gasteiger partial charge in [0.15, 0.2) is 0 Å². The number of rotatable bonds is 5. The van der Waals surface area contributed by atoms with Crippen molar-refractivity contribution in [2.75, 3.05) is 17.2 Å². The van der Waals surface area contributed by atoms with Crippen LogP contribution in [0.5, 0.6) is 0 Å². The van der Waals surface area contributed by atoms with Crippen molar-refractivity contribution >= 4 is 17.3 Å². The van der Waals surface area contributed by atoms with Crippen LogP contribution in [0.2, 0.25) is 0 Å². The van der Waals surface area contributed by atoms with Gasteiger partial charge in [0.05, 0.1) is 17.1 Å². The fourth-order valence-corrected chi connectivity index (χ4v) is 2.41. The van der Waals surface area contributed by atoms with E-state index in [-0.39, 0.29) is 17.1 Å². The molecule has 0 spiro atoms. The first-order valence-electron chi connectivity index (χ1n) is 8.20. The SMILES string of the molecule is O=C(Nc1ccccc1NCC(F)(F)F)c1ccc(=O)n(-c2ccccc2)n1. The average molecular weight is 388 g/mol. The Balaban J connectivity index is 1.84. The quantitative estimate of drug-likeness (QED) is 0.702. The third-order valence-corrected chi connectivity index (χ3v) is 3.69. The van der Waals surface area contributed by atoms with Crippen molar-refractivity contribution < 1.29 is 18.0 Å². The molecule has 28 heavy (non-hydrogen) atoms. The van der Waals surface area contributed by atoms with Crippen LogP contribution in [0.25, 0.3) is 5.69 Å². The number of anilines is 2. The standard InChI is InChI=1S/C19H15F3N4O2/c20-19(21,22)12-23-14-8-4-5-9-15(14)24-18(28)16-10-11-17(27)26(25-16)13-6-2-1-3-7-13/h1-11,23H,12H2,(H,24,28). The summed E-state index contributed by atoms with van der Waals surface area (Å²) in [6, 6.07) is 17.0. The third kappa shape index (κ3) is 4.76. The maximum atomic E-state index is 12.5. The highest BCUT2D eigenvalue weighted by atomic mass is 19.4. The number of nitrogens with zero attached hydrogens (tertiary/aromatic N) is 2. The molecule has 1 aromatic heterocycles. The van der Waals surface area contributed by atoms with Gasteiger partial charge in [-0.25, -0.2) is 0 Å². The number of aromatic nitrogens is 2. The van der Waals surface area contributed by atoms with E-state index in [9.17, 15) is 22.8 Å². The number of benzene rings is 2. The van der Waals surface area contributed by atoms with Gasteiger partial charge in [0.2, 0.25) is 0 Å². The summed E-state index contributed by atoms with van der Waals surface area (Å²) in [6.07, 6.45) is -4.40. The summed E-state index contributed by atoms with van der Waals surface area (Å²) in [4.78, 5) is 24.6. The Kier molecular flexibility index (Phi) is 5.44. The lowest BCUT2D eigenvalue weighted by Gasteiger charge is -2.14. The number of halogens is 3. The zero-order valence-corrected chi connectivity index (χ0v) is 14.4. The van der Waals surface area contributed by atoms with E-state index in [4.69, 9.17) is 0 Å². The van der Waals surface area contributed by atoms with Gasteiger partial charge in [-0.05, 0) is 30.3 Å². The lowest BCUT2D eigenvalue weighted by Crippen LogP contribution is -2.25. The number of carbonyl (C=O) groups is 1. The molecule has 2 N–H and O–H groups in total. The van der Waals surface area contributed by atoms with Gasteiger partial charge in [0.25, 0.3) is 11.5 Å². The third-order valence-electron chi connectivity index (χ3n) is 3.69. The molecule has 0 unspecified atom stereocenters. The zero-order chi connectivity index (χ0) is 20.1. The molecule has 0 bridgehead atoms. The Morgan fingerprint density at radius 2 is 1.57 bits per heavy atom. The molecule has 9 heteroatoms. The second kappa shape index (κ2) is 7.95. The minimum Gasteiger partial charge on any atom is -0.375 e. The fourth-order valence-electron chi connectivity index (χ4n) is 2.41. The second-order valence-corrected chi connectivity index (χ2v) is 5.77. The number of alkyl halides is 3. The van der Waals surface area contributed by atoms with E-state index in [0.29, 0.717) is 5.69 Å². The monoisotopic (exact) mass is 388 g/mol. The maximum Gasteiger partial charge on any atom is 0.405 e. The highest BCUT2D eigenvalue weighted by molar-refractivity contribution is 6.04. The van der Waals surface area contributed by atoms with Crippen molar-refractivity contribution in [3.8, 4) is 5.69 Å². The number of carbonyl (C=O) groups excluding carboxylic acids is 1. The lowest BCUT2D eigenvalue weighted by molar-refractivity contribution is -0.115. The molecule has 1 heterocycles. The van der Waals surface area contributed by atoms with Crippen LogP contribution in [0.1, 0.15) is 10.5 Å². The van der Waals surface area contributed by atoms with E-state index in [1.54, 1.807) is 42.5 Å². The van der Waals surface area contributed by atoms with Crippen LogP contribution in [0, 0.1) is 0 Å². The summed E-state index contributed by atoms with van der Waals surface area (Å²) >= 11 is 0. The minimum atomic E-state index is -4.40. The van der Waals surface area contributed by atoms with Gasteiger partial charge in [0.1, 0.15) is 12.2 Å². The molecule has 0 saturated heterocycles. The first-order chi connectivity index (χ1) is 13.3. The molecule has 144 valence electrons. The summed E-state index contributed by atoms with van der Waals surface area (Å²) in [5, 5.41) is 8.80. The Hall–Kier alpha value is -3.62. The Morgan fingerprint density at radius 3 is 2.25 bits per heavy atom. The average Bonchev–Trinajstić information content (AvgIpc) is 2.67. The van der Waals surface area contributed by atoms with Crippen LogP contribution >= 0.6 is 0 Å². The second-order valence-electron chi connectivity index (χ2n) is 5.77. The van der Waals surface area contributed by atoms with Gasteiger partial charge in [-0.15, -0.1) is 0 Å². The molecule has 0 radical (unpaired) electrons. The Bertz CT molecular complexity index is 1030. The van der Waals surface area contributed by atoms with Crippen LogP contribution in [0.4, 0.5) is 24.5 Å². The van der Waals surface area contributed by atoms with E-state index in [0.717, 1.165) is 4.68 Å². The summed E-state index contributed by atoms with van der Waals surface area (Å²) in [7, 11) is 0. The predicted octanol–water partition coefficient (Wildman–Crippen LogP) is 3.46. The van der Waals surface area contributed by atoms with E-state index in [1.807, 2.05) is 0 Å². The van der Waals surface area contributed by atoms with E-state index in [1.165, 1.54) is 24.3 Å². The molecule has 0 atom stereocenters. The molecule has 0 aliphatic carbocycles. The van der Waals surface area contributed by atoms with Gasteiger partial charge < -0.3 is 10.6 Å². The molecular formula is C19H15F3N4O2. The number of hydrogen-bond donors (Lipinski definition) is 2.